The Kier molecular flexibility index (Phi) is 8.01. The van der Waals surface area contributed by atoms with Gasteiger partial charge in [-0.2, -0.15) is 8.42 Å². The van der Waals surface area contributed by atoms with Crippen molar-refractivity contribution in [1.29, 1.82) is 0 Å². The largest absolute Gasteiger partial charge is 0.506 e. The van der Waals surface area contributed by atoms with Crippen molar-refractivity contribution in [2.75, 3.05) is 47.2 Å². The first-order valence-electron chi connectivity index (χ1n) is 15.8. The first-order valence-corrected chi connectivity index (χ1v) is 17.3. The van der Waals surface area contributed by atoms with Crippen LogP contribution in [-0.4, -0.2) is 90.0 Å². The fraction of sp³-hybridized carbons (Fsp3) is 0.344. The van der Waals surface area contributed by atoms with E-state index in [0.29, 0.717) is 40.7 Å². The second-order valence-electron chi connectivity index (χ2n) is 12.7. The fourth-order valence-corrected chi connectivity index (χ4v) is 8.19. The molecule has 2 atom stereocenters. The fourth-order valence-electron chi connectivity index (χ4n) is 7.02. The first kappa shape index (κ1) is 33.0. The van der Waals surface area contributed by atoms with E-state index in [1.54, 1.807) is 11.8 Å². The van der Waals surface area contributed by atoms with Crippen molar-refractivity contribution in [3.8, 4) is 5.75 Å². The van der Waals surface area contributed by atoms with Gasteiger partial charge >= 0.3 is 15.9 Å². The van der Waals surface area contributed by atoms with E-state index >= 15 is 4.39 Å². The Morgan fingerprint density at radius 3 is 2.52 bits per heavy atom. The quantitative estimate of drug-likeness (QED) is 0.207. The van der Waals surface area contributed by atoms with Gasteiger partial charge in [-0.3, -0.25) is 38.5 Å². The van der Waals surface area contributed by atoms with Gasteiger partial charge in [-0.25, -0.2) is 18.2 Å². The Bertz CT molecular complexity index is 2300. The number of benzene rings is 3. The highest BCUT2D eigenvalue weighted by atomic mass is 32.2. The minimum atomic E-state index is -4.35. The number of aromatic nitrogens is 2. The lowest BCUT2D eigenvalue weighted by Crippen LogP contribution is -2.53. The molecular weight excluding hydrogens is 675 g/mol. The molecule has 4 N–H and O–H groups in total. The van der Waals surface area contributed by atoms with Gasteiger partial charge in [-0.05, 0) is 61.2 Å². The van der Waals surface area contributed by atoms with E-state index in [1.165, 1.54) is 33.4 Å². The number of rotatable bonds is 6. The molecule has 0 spiro atoms. The van der Waals surface area contributed by atoms with Gasteiger partial charge in [0.05, 0.1) is 17.6 Å². The van der Waals surface area contributed by atoms with E-state index in [9.17, 15) is 37.5 Å². The van der Waals surface area contributed by atoms with Crippen molar-refractivity contribution in [1.82, 2.24) is 24.1 Å². The number of amides is 4. The molecule has 3 fully saturated rings. The topological polar surface area (TPSA) is 195 Å². The van der Waals surface area contributed by atoms with Gasteiger partial charge in [0.2, 0.25) is 17.7 Å². The molecule has 4 aromatic rings. The summed E-state index contributed by atoms with van der Waals surface area (Å²) in [5.74, 6) is -3.73. The molecule has 4 heterocycles. The molecule has 18 heteroatoms. The minimum absolute atomic E-state index is 0.00558. The maximum Gasteiger partial charge on any atom is 0.329 e. The molecule has 3 aliphatic heterocycles. The Hall–Kier alpha value is -5.49. The van der Waals surface area contributed by atoms with Crippen molar-refractivity contribution in [3.63, 3.8) is 0 Å². The van der Waals surface area contributed by atoms with Crippen molar-refractivity contribution in [2.45, 2.75) is 31.8 Å². The van der Waals surface area contributed by atoms with Crippen molar-refractivity contribution in [3.05, 3.63) is 58.8 Å². The maximum absolute atomic E-state index is 15.4. The predicted molar refractivity (Wildman–Crippen MR) is 180 cm³/mol. The lowest BCUT2D eigenvalue weighted by atomic mass is 10.1. The molecular formula is C32H33FN8O8S. The summed E-state index contributed by atoms with van der Waals surface area (Å²) >= 11 is 0. The third-order valence-electron chi connectivity index (χ3n) is 9.39. The molecule has 0 aliphatic carbocycles. The summed E-state index contributed by atoms with van der Waals surface area (Å²) < 4.78 is 45.0. The predicted octanol–water partition coefficient (Wildman–Crippen LogP) is 0.646. The number of phenolic OH excluding ortho intramolecular Hbond substituents is 1. The van der Waals surface area contributed by atoms with E-state index in [1.807, 2.05) is 30.0 Å². The molecule has 3 saturated heterocycles. The highest BCUT2D eigenvalue weighted by Gasteiger charge is 2.38. The zero-order valence-electron chi connectivity index (χ0n) is 27.0. The number of nitrogens with zero attached hydrogens (tertiary/aromatic N) is 5. The third-order valence-corrected chi connectivity index (χ3v) is 10.8. The molecule has 16 nitrogen and oxygen atoms in total. The summed E-state index contributed by atoms with van der Waals surface area (Å²) in [6, 6.07) is 10.3. The Labute approximate surface area is 284 Å². The Balaban J connectivity index is 1.02. The average Bonchev–Trinajstić information content (AvgIpc) is 3.45. The van der Waals surface area contributed by atoms with Crippen LogP contribution in [0.2, 0.25) is 0 Å². The van der Waals surface area contributed by atoms with E-state index in [4.69, 9.17) is 0 Å². The molecule has 1 aromatic heterocycles. The molecule has 3 aromatic carbocycles. The minimum Gasteiger partial charge on any atom is -0.506 e. The number of halogens is 1. The summed E-state index contributed by atoms with van der Waals surface area (Å²) in [6.07, 6.45) is 0.402. The van der Waals surface area contributed by atoms with Crippen LogP contribution < -0.4 is 30.3 Å². The zero-order chi connectivity index (χ0) is 35.6. The van der Waals surface area contributed by atoms with Gasteiger partial charge in [-0.1, -0.05) is 0 Å². The van der Waals surface area contributed by atoms with Crippen LogP contribution in [0.1, 0.15) is 25.8 Å². The molecule has 0 saturated carbocycles. The lowest BCUT2D eigenvalue weighted by molar-refractivity contribution is -0.135. The molecule has 3 aliphatic rings. The van der Waals surface area contributed by atoms with Crippen molar-refractivity contribution in [2.24, 2.45) is 7.05 Å². The number of imidazole rings is 1. The van der Waals surface area contributed by atoms with Gasteiger partial charge < -0.3 is 15.3 Å². The number of aryl methyl sites for hydroxylation is 1. The molecule has 0 radical (unpaired) electrons. The number of nitrogens with one attached hydrogen (secondary N) is 3. The van der Waals surface area contributed by atoms with Crippen molar-refractivity contribution >= 4 is 72.7 Å². The summed E-state index contributed by atoms with van der Waals surface area (Å²) in [6.45, 7) is 3.13. The number of imide groups is 1. The molecule has 4 amide bonds. The van der Waals surface area contributed by atoms with E-state index < -0.39 is 51.9 Å². The summed E-state index contributed by atoms with van der Waals surface area (Å²) in [7, 11) is -2.70. The number of fused-ring (bicyclic) bond motifs is 2. The third kappa shape index (κ3) is 5.68. The van der Waals surface area contributed by atoms with Gasteiger partial charge in [0, 0.05) is 55.9 Å². The number of aromatic hydroxyl groups is 1. The highest BCUT2D eigenvalue weighted by Crippen LogP contribution is 2.39. The van der Waals surface area contributed by atoms with Gasteiger partial charge in [-0.15, -0.1) is 0 Å². The summed E-state index contributed by atoms with van der Waals surface area (Å²) in [5, 5.41) is 15.8. The number of piperazine rings is 1. The molecule has 1 unspecified atom stereocenters. The molecule has 50 heavy (non-hydrogen) atoms. The van der Waals surface area contributed by atoms with Crippen LogP contribution in [0.25, 0.3) is 21.8 Å². The van der Waals surface area contributed by atoms with Crippen LogP contribution in [0.3, 0.4) is 0 Å². The van der Waals surface area contributed by atoms with E-state index in [0.717, 1.165) is 5.69 Å². The summed E-state index contributed by atoms with van der Waals surface area (Å²) in [5.41, 5.74) is 1.48. The average molecular weight is 709 g/mol. The SMILES string of the molecule is C[C@@H]1CN(CC(=O)Nc2ccc3c(F)c(N4CC(=O)NS4(=O)=O)c(O)cc3c2)CCN1c1ccc2c(c1)n(C)c(=O)n2C1CCC(=O)NC1=O. The van der Waals surface area contributed by atoms with Crippen LogP contribution >= 0.6 is 0 Å². The van der Waals surface area contributed by atoms with Crippen LogP contribution in [-0.2, 0) is 36.4 Å². The standard InChI is InChI=1S/C32H33FN8O8S/c1-17-14-38(9-10-39(17)20-4-6-22-24(13-20)37(2)32(47)41(22)23-7-8-26(43)35-31(23)46)15-27(44)34-19-3-5-21-18(11-19)12-25(42)30(29(21)33)40-16-28(45)36-50(40,48)49/h3-6,11-13,17,23,42H,7-10,14-16H2,1-2H3,(H,34,44)(H,36,45)(H,35,43,46)/t17-,23?/m1/s1. The second kappa shape index (κ2) is 12.1. The number of hydrogen-bond acceptors (Lipinski definition) is 10. The van der Waals surface area contributed by atoms with E-state index in [-0.39, 0.29) is 53.7 Å². The van der Waals surface area contributed by atoms with Gasteiger partial charge in [0.1, 0.15) is 24.0 Å². The second-order valence-corrected chi connectivity index (χ2v) is 14.3. The Morgan fingerprint density at radius 2 is 1.82 bits per heavy atom. The van der Waals surface area contributed by atoms with Crippen LogP contribution in [0.4, 0.5) is 21.5 Å². The highest BCUT2D eigenvalue weighted by molar-refractivity contribution is 7.92. The normalized spacial score (nSPS) is 21.1. The number of piperidine rings is 1. The van der Waals surface area contributed by atoms with Gasteiger partial charge in [0.25, 0.3) is 5.91 Å². The molecule has 0 bridgehead atoms. The number of carbonyl (C=O) groups excluding carboxylic acids is 4. The smallest absolute Gasteiger partial charge is 0.329 e. The first-order chi connectivity index (χ1) is 23.7. The summed E-state index contributed by atoms with van der Waals surface area (Å²) in [4.78, 5) is 66.2. The van der Waals surface area contributed by atoms with Crippen molar-refractivity contribution < 1.29 is 37.1 Å². The number of phenols is 1. The number of carbonyl (C=O) groups is 4. The monoisotopic (exact) mass is 708 g/mol. The zero-order valence-corrected chi connectivity index (χ0v) is 27.8. The number of hydrogen-bond donors (Lipinski definition) is 4. The van der Waals surface area contributed by atoms with Crippen LogP contribution in [0.15, 0.2) is 47.3 Å². The van der Waals surface area contributed by atoms with Gasteiger partial charge in [0.15, 0.2) is 5.82 Å². The molecule has 7 rings (SSSR count). The van der Waals surface area contributed by atoms with Crippen LogP contribution in [0.5, 0.6) is 5.75 Å². The number of anilines is 3. The lowest BCUT2D eigenvalue weighted by Gasteiger charge is -2.41. The Morgan fingerprint density at radius 1 is 1.04 bits per heavy atom. The molecule has 262 valence electrons. The van der Waals surface area contributed by atoms with E-state index in [2.05, 4.69) is 15.5 Å². The van der Waals surface area contributed by atoms with Crippen LogP contribution in [0, 0.1) is 5.82 Å². The maximum atomic E-state index is 15.4.